The largest absolute Gasteiger partial charge is 0.341 e. The molecule has 0 saturated carbocycles. The fourth-order valence-corrected chi connectivity index (χ4v) is 5.33. The van der Waals surface area contributed by atoms with Crippen molar-refractivity contribution in [2.45, 2.75) is 37.8 Å². The van der Waals surface area contributed by atoms with Gasteiger partial charge in [0.25, 0.3) is 0 Å². The number of rotatable bonds is 4. The lowest BCUT2D eigenvalue weighted by atomic mass is 10.00. The van der Waals surface area contributed by atoms with Crippen molar-refractivity contribution < 1.29 is 0 Å². The first-order valence-electron chi connectivity index (χ1n) is 12.2. The van der Waals surface area contributed by atoms with Crippen molar-refractivity contribution in [2.24, 2.45) is 0 Å². The molecule has 0 amide bonds. The highest BCUT2D eigenvalue weighted by molar-refractivity contribution is 5.91. The molecule has 5 heterocycles. The normalized spacial score (nSPS) is 20.6. The fraction of sp³-hybridized carbons (Fsp3) is 0.296. The second-order valence-corrected chi connectivity index (χ2v) is 9.47. The Morgan fingerprint density at radius 3 is 2.18 bits per heavy atom. The molecule has 0 unspecified atom stereocenters. The second kappa shape index (κ2) is 8.04. The molecule has 0 radical (unpaired) electrons. The van der Waals surface area contributed by atoms with Gasteiger partial charge in [0.2, 0.25) is 0 Å². The average molecular weight is 450 g/mol. The van der Waals surface area contributed by atoms with Crippen LogP contribution in [0.2, 0.25) is 0 Å². The fourth-order valence-electron chi connectivity index (χ4n) is 5.33. The average Bonchev–Trinajstić information content (AvgIpc) is 3.69. The van der Waals surface area contributed by atoms with E-state index in [2.05, 4.69) is 73.0 Å². The first kappa shape index (κ1) is 19.9. The molecule has 2 aliphatic heterocycles. The zero-order chi connectivity index (χ0) is 22.5. The maximum atomic E-state index is 4.70. The number of imidazole rings is 2. The number of fused-ring (bicyclic) bond motifs is 2. The van der Waals surface area contributed by atoms with E-state index in [9.17, 15) is 0 Å². The predicted molar refractivity (Wildman–Crippen MR) is 134 cm³/mol. The van der Waals surface area contributed by atoms with Gasteiger partial charge in [0.05, 0.1) is 29.5 Å². The predicted octanol–water partition coefficient (Wildman–Crippen LogP) is 5.02. The van der Waals surface area contributed by atoms with Crippen molar-refractivity contribution >= 4 is 21.9 Å². The maximum absolute atomic E-state index is 4.70. The lowest BCUT2D eigenvalue weighted by molar-refractivity contribution is 0.613. The van der Waals surface area contributed by atoms with Crippen LogP contribution in [0.5, 0.6) is 0 Å². The Morgan fingerprint density at radius 1 is 0.676 bits per heavy atom. The van der Waals surface area contributed by atoms with Crippen LogP contribution in [0.3, 0.4) is 0 Å². The highest BCUT2D eigenvalue weighted by Crippen LogP contribution is 2.30. The molecule has 3 aromatic heterocycles. The minimum absolute atomic E-state index is 0.313. The van der Waals surface area contributed by atoms with Gasteiger partial charge in [-0.2, -0.15) is 0 Å². The van der Waals surface area contributed by atoms with Crippen LogP contribution in [0.15, 0.2) is 54.9 Å². The molecule has 7 heteroatoms. The van der Waals surface area contributed by atoms with Crippen molar-refractivity contribution in [2.75, 3.05) is 13.1 Å². The molecule has 7 rings (SSSR count). The number of benzene rings is 2. The molecular weight excluding hydrogens is 422 g/mol. The van der Waals surface area contributed by atoms with Crippen molar-refractivity contribution in [3.63, 3.8) is 0 Å². The smallest absolute Gasteiger partial charge is 0.177 e. The van der Waals surface area contributed by atoms with Crippen LogP contribution in [-0.4, -0.2) is 38.0 Å². The van der Waals surface area contributed by atoms with Crippen molar-refractivity contribution in [1.82, 2.24) is 35.6 Å². The van der Waals surface area contributed by atoms with E-state index in [0.29, 0.717) is 12.1 Å². The van der Waals surface area contributed by atoms with E-state index in [4.69, 9.17) is 4.98 Å². The van der Waals surface area contributed by atoms with Crippen LogP contribution in [0, 0.1) is 0 Å². The Balaban J connectivity index is 1.18. The van der Waals surface area contributed by atoms with Gasteiger partial charge in [-0.1, -0.05) is 24.3 Å². The summed E-state index contributed by atoms with van der Waals surface area (Å²) in [6.45, 7) is 2.12. The van der Waals surface area contributed by atoms with Crippen LogP contribution in [0.25, 0.3) is 44.3 Å². The number of H-pyrrole nitrogens is 2. The van der Waals surface area contributed by atoms with Crippen LogP contribution in [0.1, 0.15) is 49.4 Å². The van der Waals surface area contributed by atoms with E-state index in [1.807, 2.05) is 12.4 Å². The van der Waals surface area contributed by atoms with E-state index < -0.39 is 0 Å². The summed E-state index contributed by atoms with van der Waals surface area (Å²) < 4.78 is 0. The Morgan fingerprint density at radius 2 is 1.41 bits per heavy atom. The van der Waals surface area contributed by atoms with Gasteiger partial charge in [-0.05, 0) is 73.3 Å². The second-order valence-electron chi connectivity index (χ2n) is 9.47. The summed E-state index contributed by atoms with van der Waals surface area (Å²) in [6, 6.07) is 16.0. The summed E-state index contributed by atoms with van der Waals surface area (Å²) in [4.78, 5) is 21.0. The lowest BCUT2D eigenvalue weighted by Crippen LogP contribution is -2.14. The minimum Gasteiger partial charge on any atom is -0.341 e. The number of hydrogen-bond acceptors (Lipinski definition) is 5. The molecule has 2 aromatic carbocycles. The summed E-state index contributed by atoms with van der Waals surface area (Å²) in [6.07, 6.45) is 8.54. The Kier molecular flexibility index (Phi) is 4.70. The monoisotopic (exact) mass is 449 g/mol. The topological polar surface area (TPSA) is 94.3 Å². The molecule has 2 fully saturated rings. The summed E-state index contributed by atoms with van der Waals surface area (Å²) in [7, 11) is 0. The standard InChI is InChI=1S/C27H27N7/c1-3-21(28-9-1)25-31-15-24(33-25)19-8-7-16-11-18(6-5-17(16)12-19)20-13-23-26(30-14-20)34-27(32-23)22-4-2-10-29-22/h5-8,11-15,21-22,28-29H,1-4,9-10H2,(H,31,33)(H,30,32,34)/t21-,22-/m0/s1. The first-order chi connectivity index (χ1) is 16.8. The van der Waals surface area contributed by atoms with E-state index in [0.717, 1.165) is 71.1 Å². The third kappa shape index (κ3) is 3.48. The van der Waals surface area contributed by atoms with Crippen LogP contribution >= 0.6 is 0 Å². The zero-order valence-corrected chi connectivity index (χ0v) is 18.9. The molecule has 2 saturated heterocycles. The SMILES string of the molecule is c1cc2cc(-c3cnc([C@@H]4CCCN4)[nH]3)ccc2cc1-c1cnc2nc([C@@H]3CCCN3)[nH]c2c1. The van der Waals surface area contributed by atoms with E-state index in [1.54, 1.807) is 0 Å². The first-order valence-corrected chi connectivity index (χ1v) is 12.2. The van der Waals surface area contributed by atoms with Gasteiger partial charge in [0.15, 0.2) is 5.65 Å². The zero-order valence-electron chi connectivity index (χ0n) is 18.9. The van der Waals surface area contributed by atoms with Gasteiger partial charge in [0, 0.05) is 17.3 Å². The van der Waals surface area contributed by atoms with Gasteiger partial charge in [-0.25, -0.2) is 15.0 Å². The molecule has 5 aromatic rings. The lowest BCUT2D eigenvalue weighted by Gasteiger charge is -2.07. The quantitative estimate of drug-likeness (QED) is 0.309. The maximum Gasteiger partial charge on any atom is 0.177 e. The highest BCUT2D eigenvalue weighted by atomic mass is 15.1. The van der Waals surface area contributed by atoms with Gasteiger partial charge in [-0.15, -0.1) is 0 Å². The number of aromatic amines is 2. The number of pyridine rings is 1. The van der Waals surface area contributed by atoms with Gasteiger partial charge >= 0.3 is 0 Å². The molecule has 0 bridgehead atoms. The van der Waals surface area contributed by atoms with Crippen LogP contribution in [0.4, 0.5) is 0 Å². The van der Waals surface area contributed by atoms with Gasteiger partial charge in [-0.3, -0.25) is 0 Å². The number of aromatic nitrogens is 5. The molecule has 0 spiro atoms. The minimum atomic E-state index is 0.313. The molecular formula is C27H27N7. The van der Waals surface area contributed by atoms with Crippen molar-refractivity contribution in [3.8, 4) is 22.4 Å². The molecule has 34 heavy (non-hydrogen) atoms. The number of nitrogens with one attached hydrogen (secondary N) is 4. The van der Waals surface area contributed by atoms with E-state index in [1.165, 1.54) is 23.6 Å². The van der Waals surface area contributed by atoms with Crippen molar-refractivity contribution in [3.05, 3.63) is 66.5 Å². The van der Waals surface area contributed by atoms with Crippen molar-refractivity contribution in [1.29, 1.82) is 0 Å². The number of hydrogen-bond donors (Lipinski definition) is 4. The molecule has 4 N–H and O–H groups in total. The molecule has 2 atom stereocenters. The van der Waals surface area contributed by atoms with Crippen LogP contribution in [-0.2, 0) is 0 Å². The van der Waals surface area contributed by atoms with E-state index in [-0.39, 0.29) is 0 Å². The van der Waals surface area contributed by atoms with Gasteiger partial charge in [0.1, 0.15) is 11.6 Å². The molecule has 0 aliphatic carbocycles. The summed E-state index contributed by atoms with van der Waals surface area (Å²) in [5.74, 6) is 2.03. The number of nitrogens with zero attached hydrogens (tertiary/aromatic N) is 3. The molecule has 2 aliphatic rings. The van der Waals surface area contributed by atoms with Gasteiger partial charge < -0.3 is 20.6 Å². The molecule has 7 nitrogen and oxygen atoms in total. The highest BCUT2D eigenvalue weighted by Gasteiger charge is 2.21. The third-order valence-electron chi connectivity index (χ3n) is 7.22. The summed E-state index contributed by atoms with van der Waals surface area (Å²) in [5, 5.41) is 9.43. The summed E-state index contributed by atoms with van der Waals surface area (Å²) in [5.41, 5.74) is 6.24. The van der Waals surface area contributed by atoms with E-state index >= 15 is 0 Å². The molecule has 170 valence electrons. The Labute approximate surface area is 197 Å². The Hall–Kier alpha value is -3.55. The Bertz CT molecular complexity index is 1490. The third-order valence-corrected chi connectivity index (χ3v) is 7.22. The van der Waals surface area contributed by atoms with Crippen LogP contribution < -0.4 is 10.6 Å². The summed E-state index contributed by atoms with van der Waals surface area (Å²) >= 11 is 0.